The van der Waals surface area contributed by atoms with E-state index in [1.807, 2.05) is 13.8 Å². The van der Waals surface area contributed by atoms with Crippen LogP contribution in [0.2, 0.25) is 0 Å². The second-order valence-corrected chi connectivity index (χ2v) is 39.4. The molecule has 0 aromatic carbocycles. The number of rotatable bonds is 45. The topological polar surface area (TPSA) is 368 Å². The minimum Gasteiger partial charge on any atom is -0.460 e. The second kappa shape index (κ2) is 54.4. The molecule has 2 aliphatic carbocycles. The fraction of sp³-hybridized carbons (Fsp3) is 0.778. The van der Waals surface area contributed by atoms with E-state index >= 15 is 0 Å². The number of carbonyl (C=O) groups excluding carboxylic acids is 10. The van der Waals surface area contributed by atoms with Crippen LogP contribution in [0.3, 0.4) is 0 Å². The van der Waals surface area contributed by atoms with Crippen LogP contribution >= 0.6 is 0 Å². The van der Waals surface area contributed by atoms with E-state index in [-0.39, 0.29) is 65.8 Å². The lowest BCUT2D eigenvalue weighted by Crippen LogP contribution is -2.65. The Morgan fingerprint density at radius 3 is 1.24 bits per heavy atom. The normalized spacial score (nSPS) is 29.7. The number of ketones is 1. The predicted molar refractivity (Wildman–Crippen MR) is 485 cm³/mol. The maximum Gasteiger partial charge on any atom is 0.462 e. The first-order valence-electron chi connectivity index (χ1n) is 48.4. The van der Waals surface area contributed by atoms with Gasteiger partial charge in [0, 0.05) is 59.1 Å². The molecule has 2 N–H and O–H groups in total. The van der Waals surface area contributed by atoms with Gasteiger partial charge in [0.1, 0.15) is 74.3 Å². The summed E-state index contributed by atoms with van der Waals surface area (Å²) in [6.07, 6.45) is -2.88. The Balaban J connectivity index is 0.000000462. The van der Waals surface area contributed by atoms with Crippen LogP contribution in [0, 0.1) is 5.92 Å². The number of hydrogen-bond acceptors (Lipinski definition) is 29. The van der Waals surface area contributed by atoms with E-state index in [9.17, 15) is 146 Å². The van der Waals surface area contributed by atoms with Gasteiger partial charge in [0.15, 0.2) is 29.1 Å². The molecule has 0 aromatic heterocycles. The largest absolute Gasteiger partial charge is 0.462 e. The summed E-state index contributed by atoms with van der Waals surface area (Å²) in [5.74, 6) is -43.3. The van der Waals surface area contributed by atoms with Crippen LogP contribution in [-0.2, 0) is 128 Å². The number of alkyl halides is 20. The van der Waals surface area contributed by atoms with Gasteiger partial charge in [-0.15, -0.1) is 0 Å². The number of hydrogen-bond donors (Lipinski definition) is 2. The first-order valence-corrected chi connectivity index (χ1v) is 48.4. The third-order valence-corrected chi connectivity index (χ3v) is 25.1. The molecule has 0 spiro atoms. The minimum atomic E-state index is -5.89. The van der Waals surface area contributed by atoms with Gasteiger partial charge in [0.05, 0.1) is 25.0 Å². The van der Waals surface area contributed by atoms with Gasteiger partial charge in [-0.25, -0.2) is 37.5 Å². The Hall–Kier alpha value is -8.46. The highest BCUT2D eigenvalue weighted by atomic mass is 19.4. The summed E-state index contributed by atoms with van der Waals surface area (Å²) in [7, 11) is 0. The number of ether oxygens (including phenoxy) is 17. The molecule has 6 aliphatic heterocycles. The Kier molecular flexibility index (Phi) is 49.1. The van der Waals surface area contributed by atoms with Gasteiger partial charge < -0.3 is 90.7 Å². The van der Waals surface area contributed by atoms with Gasteiger partial charge >= 0.3 is 108 Å². The zero-order valence-electron chi connectivity index (χ0n) is 86.3. The number of carbonyl (C=O) groups is 10. The van der Waals surface area contributed by atoms with Crippen LogP contribution in [0.15, 0.2) is 72.9 Å². The molecule has 148 heavy (non-hydrogen) atoms. The van der Waals surface area contributed by atoms with Crippen LogP contribution in [0.1, 0.15) is 303 Å². The molecule has 2 saturated carbocycles. The molecule has 8 rings (SSSR count). The van der Waals surface area contributed by atoms with Crippen LogP contribution in [0.5, 0.6) is 0 Å². The molecule has 0 amide bonds. The predicted octanol–water partition coefficient (Wildman–Crippen LogP) is 21.4. The molecule has 8 aliphatic rings. The zero-order valence-corrected chi connectivity index (χ0v) is 86.3. The van der Waals surface area contributed by atoms with Gasteiger partial charge in [-0.3, -0.25) is 19.2 Å². The quantitative estimate of drug-likeness (QED) is 0.0143. The Morgan fingerprint density at radius 2 is 0.845 bits per heavy atom. The first-order chi connectivity index (χ1) is 67.7. The minimum absolute atomic E-state index is 0.00767. The highest BCUT2D eigenvalue weighted by Crippen LogP contribution is 2.61. The second-order valence-electron chi connectivity index (χ2n) is 39.4. The Morgan fingerprint density at radius 1 is 0.446 bits per heavy atom. The molecule has 0 bridgehead atoms. The molecule has 0 radical (unpaired) electrons. The van der Waals surface area contributed by atoms with E-state index in [0.29, 0.717) is 37.5 Å². The molecule has 49 heteroatoms. The fourth-order valence-electron chi connectivity index (χ4n) is 16.7. The van der Waals surface area contributed by atoms with E-state index in [1.54, 1.807) is 13.8 Å². The molecule has 16 atom stereocenters. The van der Waals surface area contributed by atoms with Crippen molar-refractivity contribution >= 4 is 60.0 Å². The summed E-state index contributed by atoms with van der Waals surface area (Å²) in [6, 6.07) is 0. The summed E-state index contributed by atoms with van der Waals surface area (Å²) in [4.78, 5) is 113. The van der Waals surface area contributed by atoms with E-state index in [4.69, 9.17) is 28.4 Å². The van der Waals surface area contributed by atoms with Crippen molar-refractivity contribution in [3.8, 4) is 0 Å². The molecule has 852 valence electrons. The molecular weight excluding hydrogens is 2030 g/mol. The zero-order chi connectivity index (χ0) is 114. The SMILES string of the molecule is C=C(C)C(=O)OC12CCCC1OC(C)(OCCCCCCCCCCCCCCCCCCCC)C2.C=C(C)C(=O)OC12CCCCC1OC(C)(OCC(C)=O)C2.C=C(C)C(=O)OCC1(C)CC(F)(F)C(OC=O)(C(F)(F)F)O1.C=C(C)C(=O)OCC1CC(F)(F)C(C)(C(F)(F)F)O1.C=C(C)C(=O)OCC1OC(OC(=O)C(C)C)(C(F)(F)F)C(F)(F)C1(C)O.C=C(C)C(=O)OCC1OC(OC(=O)CC)(C(F)(F)F)C(F)(F)C1O. The van der Waals surface area contributed by atoms with Crippen molar-refractivity contribution < 1.29 is 226 Å². The van der Waals surface area contributed by atoms with Gasteiger partial charge in [-0.1, -0.05) is 183 Å². The van der Waals surface area contributed by atoms with Gasteiger partial charge in [0.2, 0.25) is 5.60 Å². The first kappa shape index (κ1) is 134. The maximum atomic E-state index is 14.6. The fourth-order valence-corrected chi connectivity index (χ4v) is 16.7. The molecule has 6 heterocycles. The Bertz CT molecular complexity index is 4520. The summed E-state index contributed by atoms with van der Waals surface area (Å²) in [5.41, 5.74) is -9.93. The number of aliphatic hydroxyl groups excluding tert-OH is 1. The van der Waals surface area contributed by atoms with Crippen molar-refractivity contribution in [1.82, 2.24) is 0 Å². The Labute approximate surface area is 847 Å². The lowest BCUT2D eigenvalue weighted by molar-refractivity contribution is -0.413. The van der Waals surface area contributed by atoms with Crippen molar-refractivity contribution in [1.29, 1.82) is 0 Å². The van der Waals surface area contributed by atoms with Gasteiger partial charge in [0.25, 0.3) is 12.4 Å². The number of halogens is 20. The lowest BCUT2D eigenvalue weighted by Gasteiger charge is -2.37. The van der Waals surface area contributed by atoms with Crippen molar-refractivity contribution in [2.75, 3.05) is 39.6 Å². The van der Waals surface area contributed by atoms with E-state index in [0.717, 1.165) is 79.1 Å². The maximum absolute atomic E-state index is 14.6. The summed E-state index contributed by atoms with van der Waals surface area (Å²) < 4.78 is 351. The molecular formula is C99H142F20O29. The lowest BCUT2D eigenvalue weighted by atomic mass is 9.80. The summed E-state index contributed by atoms with van der Waals surface area (Å²) in [6.45, 7) is 37.2. The van der Waals surface area contributed by atoms with Crippen LogP contribution in [0.4, 0.5) is 87.8 Å². The standard InChI is InChI=1S/C32H58O4.C16H24O5.C15H19F5O6.C13H15F5O6.C12H13F5O5.C11H13F5O3/c1-5-6-7-8-9-10-11-12-13-14-15-16-17-18-19-20-21-22-26-34-31(4)27-32(36-30(33)28(2)3)25-23-24-29(32)35-31;1-11(2)14(18)21-16-8-6-5-7-13(16)20-15(4,10-16)19-9-12(3)17;1-7(2)10(21)24-6-9-12(5,23)13(16,17)14(25-9,15(18,19)20)26-11(22)8(3)4;1-4-8(19)24-12(13(16,17)18)11(14,15)9(20)7(23-12)5-22-10(21)6(2)3;1-7(2)8(19)20-5-9(3)4-10(13,14)11(22-9,21-6-18)12(15,16)17;1-6(2)8(17)18-5-7-4-10(12,13)9(3,19-7)11(14,15)16/h29H,2,5-27H2,1,3-4H3;13H,1,5-10H2,2-4H3;8-9,23H,1,6H2,2-5H3;7,9,20H,2,4-5H2,1,3H3;6H,1,4-5H2,2-3H3;7H,1,4-5H2,2-3H3. The average Bonchev–Trinajstić information content (AvgIpc) is 1.54. The summed E-state index contributed by atoms with van der Waals surface area (Å²) >= 11 is 0. The molecule has 29 nitrogen and oxygen atoms in total. The summed E-state index contributed by atoms with van der Waals surface area (Å²) in [5, 5.41) is 19.5. The van der Waals surface area contributed by atoms with Crippen molar-refractivity contribution in [3.63, 3.8) is 0 Å². The van der Waals surface area contributed by atoms with Crippen LogP contribution < -0.4 is 0 Å². The van der Waals surface area contributed by atoms with Crippen molar-refractivity contribution in [2.24, 2.45) is 5.92 Å². The number of Topliss-reactive ketones (excluding diaryl/α,β-unsaturated/α-hetero) is 1. The average molecular weight is 2180 g/mol. The molecule has 8 fully saturated rings. The number of unbranched alkanes of at least 4 members (excludes halogenated alkanes) is 17. The molecule has 0 aromatic rings. The van der Waals surface area contributed by atoms with E-state index in [2.05, 4.69) is 98.5 Å². The smallest absolute Gasteiger partial charge is 0.460 e. The van der Waals surface area contributed by atoms with Crippen molar-refractivity contribution in [2.45, 2.75) is 445 Å². The van der Waals surface area contributed by atoms with Gasteiger partial charge in [-0.2, -0.15) is 79.0 Å². The number of fused-ring (bicyclic) bond motifs is 2. The molecule has 16 unspecified atom stereocenters. The number of esters is 8. The number of aliphatic hydroxyl groups is 2. The van der Waals surface area contributed by atoms with Crippen LogP contribution in [-0.4, -0.2) is 252 Å². The monoisotopic (exact) mass is 2170 g/mol. The van der Waals surface area contributed by atoms with Gasteiger partial charge in [-0.05, 0) is 128 Å². The van der Waals surface area contributed by atoms with Crippen LogP contribution in [0.25, 0.3) is 0 Å². The third kappa shape index (κ3) is 34.5. The van der Waals surface area contributed by atoms with Crippen molar-refractivity contribution in [3.05, 3.63) is 72.9 Å². The molecule has 6 saturated heterocycles. The highest BCUT2D eigenvalue weighted by molar-refractivity contribution is 5.89. The van der Waals surface area contributed by atoms with E-state index < -0.39 is 224 Å². The highest BCUT2D eigenvalue weighted by Gasteiger charge is 2.88. The third-order valence-electron chi connectivity index (χ3n) is 25.1. The van der Waals surface area contributed by atoms with E-state index in [1.165, 1.54) is 144 Å².